The molecule has 0 unspecified atom stereocenters. The Morgan fingerprint density at radius 2 is 1.76 bits per heavy atom. The van der Waals surface area contributed by atoms with Crippen LogP contribution in [0.1, 0.15) is 10.5 Å². The number of aromatic nitrogens is 1. The van der Waals surface area contributed by atoms with Crippen LogP contribution in [0.3, 0.4) is 0 Å². The van der Waals surface area contributed by atoms with Gasteiger partial charge in [-0.25, -0.2) is 22.3 Å². The maximum atomic E-state index is 13.7. The van der Waals surface area contributed by atoms with Gasteiger partial charge in [0.25, 0.3) is 15.9 Å². The summed E-state index contributed by atoms with van der Waals surface area (Å²) in [6, 6.07) is 8.60. The summed E-state index contributed by atoms with van der Waals surface area (Å²) in [4.78, 5) is 23.7. The van der Waals surface area contributed by atoms with Gasteiger partial charge in [0.05, 0.1) is 15.4 Å². The summed E-state index contributed by atoms with van der Waals surface area (Å²) in [5.74, 6) is -1.06. The number of aryl methyl sites for hydroxylation is 1. The molecule has 3 rings (SSSR count). The van der Waals surface area contributed by atoms with Crippen molar-refractivity contribution in [2.75, 3.05) is 12.4 Å². The molecule has 0 fully saturated rings. The SMILES string of the molecule is CNC(=O)NS(=O)(=O)c1ccc(NC(=O)c2cc3cc(F)c(Cl)cc3n2C)cc1. The molecule has 0 aliphatic carbocycles. The van der Waals surface area contributed by atoms with Gasteiger partial charge in [0.1, 0.15) is 11.5 Å². The minimum atomic E-state index is -4.03. The number of hydrogen-bond donors (Lipinski definition) is 3. The summed E-state index contributed by atoms with van der Waals surface area (Å²) in [5, 5.41) is 5.25. The smallest absolute Gasteiger partial charge is 0.328 e. The van der Waals surface area contributed by atoms with Gasteiger partial charge in [-0.05, 0) is 42.5 Å². The van der Waals surface area contributed by atoms with Crippen LogP contribution in [0.25, 0.3) is 10.9 Å². The average Bonchev–Trinajstić information content (AvgIpc) is 2.98. The van der Waals surface area contributed by atoms with Crippen molar-refractivity contribution in [3.8, 4) is 0 Å². The number of carbonyl (C=O) groups excluding carboxylic acids is 2. The van der Waals surface area contributed by atoms with E-state index >= 15 is 0 Å². The van der Waals surface area contributed by atoms with Crippen molar-refractivity contribution < 1.29 is 22.4 Å². The van der Waals surface area contributed by atoms with Crippen LogP contribution in [-0.4, -0.2) is 32.0 Å². The summed E-state index contributed by atoms with van der Waals surface area (Å²) < 4.78 is 41.2. The van der Waals surface area contributed by atoms with Crippen molar-refractivity contribution in [1.82, 2.24) is 14.6 Å². The van der Waals surface area contributed by atoms with E-state index in [0.717, 1.165) is 0 Å². The fourth-order valence-electron chi connectivity index (χ4n) is 2.69. The predicted molar refractivity (Wildman–Crippen MR) is 107 cm³/mol. The van der Waals surface area contributed by atoms with Crippen LogP contribution < -0.4 is 15.4 Å². The molecule has 0 saturated heterocycles. The van der Waals surface area contributed by atoms with E-state index in [1.54, 1.807) is 11.6 Å². The maximum Gasteiger partial charge on any atom is 0.328 e. The fourth-order valence-corrected chi connectivity index (χ4v) is 3.81. The molecule has 0 atom stereocenters. The highest BCUT2D eigenvalue weighted by atomic mass is 35.5. The molecule has 0 spiro atoms. The lowest BCUT2D eigenvalue weighted by Gasteiger charge is -2.09. The van der Waals surface area contributed by atoms with Crippen molar-refractivity contribution in [1.29, 1.82) is 0 Å². The van der Waals surface area contributed by atoms with Crippen molar-refractivity contribution in [3.05, 3.63) is 59.0 Å². The second-order valence-electron chi connectivity index (χ2n) is 6.08. The van der Waals surface area contributed by atoms with Gasteiger partial charge < -0.3 is 15.2 Å². The van der Waals surface area contributed by atoms with Crippen LogP contribution in [0.15, 0.2) is 47.4 Å². The summed E-state index contributed by atoms with van der Waals surface area (Å²) in [5.41, 5.74) is 1.19. The Morgan fingerprint density at radius 1 is 1.10 bits per heavy atom. The van der Waals surface area contributed by atoms with Crippen LogP contribution >= 0.6 is 11.6 Å². The first kappa shape index (κ1) is 20.6. The number of rotatable bonds is 4. The normalized spacial score (nSPS) is 11.3. The Bertz CT molecular complexity index is 1220. The largest absolute Gasteiger partial charge is 0.340 e. The quantitative estimate of drug-likeness (QED) is 0.581. The van der Waals surface area contributed by atoms with E-state index in [0.29, 0.717) is 16.6 Å². The standard InChI is InChI=1S/C18H16ClFN4O4S/c1-21-18(26)23-29(27,28)12-5-3-11(4-6-12)22-17(25)16-8-10-7-14(20)13(19)9-15(10)24(16)2/h3-9H,1-2H3,(H,22,25)(H2,21,23,26). The number of amides is 3. The Morgan fingerprint density at radius 3 is 2.38 bits per heavy atom. The number of fused-ring (bicyclic) bond motifs is 1. The third-order valence-electron chi connectivity index (χ3n) is 4.19. The molecular formula is C18H16ClFN4O4S. The monoisotopic (exact) mass is 438 g/mol. The number of carbonyl (C=O) groups is 2. The van der Waals surface area contributed by atoms with Crippen LogP contribution in [0.4, 0.5) is 14.9 Å². The summed E-state index contributed by atoms with van der Waals surface area (Å²) in [6.07, 6.45) is 0. The molecule has 3 aromatic rings. The zero-order valence-electron chi connectivity index (χ0n) is 15.3. The molecule has 29 heavy (non-hydrogen) atoms. The molecule has 1 heterocycles. The van der Waals surface area contributed by atoms with E-state index in [-0.39, 0.29) is 15.6 Å². The highest BCUT2D eigenvalue weighted by molar-refractivity contribution is 7.90. The van der Waals surface area contributed by atoms with Gasteiger partial charge in [-0.1, -0.05) is 11.6 Å². The molecule has 2 aromatic carbocycles. The van der Waals surface area contributed by atoms with Gasteiger partial charge in [-0.15, -0.1) is 0 Å². The van der Waals surface area contributed by atoms with E-state index in [9.17, 15) is 22.4 Å². The van der Waals surface area contributed by atoms with Gasteiger partial charge in [0.2, 0.25) is 0 Å². The number of anilines is 1. The van der Waals surface area contributed by atoms with E-state index in [1.807, 2.05) is 4.72 Å². The van der Waals surface area contributed by atoms with Gasteiger partial charge in [0.15, 0.2) is 0 Å². The maximum absolute atomic E-state index is 13.7. The molecular weight excluding hydrogens is 423 g/mol. The summed E-state index contributed by atoms with van der Waals surface area (Å²) >= 11 is 5.80. The molecule has 152 valence electrons. The van der Waals surface area contributed by atoms with Gasteiger partial charge >= 0.3 is 6.03 Å². The first-order valence-electron chi connectivity index (χ1n) is 8.23. The number of urea groups is 1. The van der Waals surface area contributed by atoms with Crippen LogP contribution in [0.5, 0.6) is 0 Å². The van der Waals surface area contributed by atoms with E-state index in [1.165, 1.54) is 49.5 Å². The topological polar surface area (TPSA) is 109 Å². The van der Waals surface area contributed by atoms with Crippen LogP contribution in [0.2, 0.25) is 5.02 Å². The molecule has 1 aromatic heterocycles. The molecule has 3 N–H and O–H groups in total. The molecule has 0 radical (unpaired) electrons. The van der Waals surface area contributed by atoms with Gasteiger partial charge in [0, 0.05) is 25.2 Å². The molecule has 11 heteroatoms. The Labute approximate surface area is 170 Å². The van der Waals surface area contributed by atoms with Gasteiger partial charge in [-0.3, -0.25) is 4.79 Å². The first-order chi connectivity index (χ1) is 13.6. The number of halogens is 2. The molecule has 0 aliphatic heterocycles. The minimum Gasteiger partial charge on any atom is -0.340 e. The second kappa shape index (κ2) is 7.72. The molecule has 0 aliphatic rings. The number of nitrogens with zero attached hydrogens (tertiary/aromatic N) is 1. The minimum absolute atomic E-state index is 0.0483. The third-order valence-corrected chi connectivity index (χ3v) is 5.83. The summed E-state index contributed by atoms with van der Waals surface area (Å²) in [7, 11) is -1.09. The second-order valence-corrected chi connectivity index (χ2v) is 8.17. The first-order valence-corrected chi connectivity index (χ1v) is 10.1. The van der Waals surface area contributed by atoms with E-state index in [2.05, 4.69) is 10.6 Å². The van der Waals surface area contributed by atoms with Crippen molar-refractivity contribution in [2.45, 2.75) is 4.90 Å². The lowest BCUT2D eigenvalue weighted by molar-refractivity contribution is 0.101. The van der Waals surface area contributed by atoms with E-state index < -0.39 is 27.8 Å². The number of hydrogen-bond acceptors (Lipinski definition) is 4. The predicted octanol–water partition coefficient (Wildman–Crippen LogP) is 2.84. The number of sulfonamides is 1. The molecule has 8 nitrogen and oxygen atoms in total. The zero-order valence-corrected chi connectivity index (χ0v) is 16.9. The van der Waals surface area contributed by atoms with Gasteiger partial charge in [-0.2, -0.15) is 0 Å². The lowest BCUT2D eigenvalue weighted by Crippen LogP contribution is -2.37. The lowest BCUT2D eigenvalue weighted by atomic mass is 10.2. The molecule has 3 amide bonds. The highest BCUT2D eigenvalue weighted by Crippen LogP contribution is 2.26. The summed E-state index contributed by atoms with van der Waals surface area (Å²) in [6.45, 7) is 0. The fraction of sp³-hybridized carbons (Fsp3) is 0.111. The zero-order chi connectivity index (χ0) is 21.3. The Hall–Kier alpha value is -3.11. The van der Waals surface area contributed by atoms with Crippen LogP contribution in [-0.2, 0) is 17.1 Å². The van der Waals surface area contributed by atoms with Crippen molar-refractivity contribution >= 4 is 50.2 Å². The highest BCUT2D eigenvalue weighted by Gasteiger charge is 2.18. The number of nitrogens with one attached hydrogen (secondary N) is 3. The average molecular weight is 439 g/mol. The molecule has 0 saturated carbocycles. The van der Waals surface area contributed by atoms with Crippen LogP contribution in [0, 0.1) is 5.82 Å². The van der Waals surface area contributed by atoms with Crippen molar-refractivity contribution in [2.24, 2.45) is 7.05 Å². The number of benzene rings is 2. The Kier molecular flexibility index (Phi) is 5.49. The van der Waals surface area contributed by atoms with E-state index in [4.69, 9.17) is 11.6 Å². The molecule has 0 bridgehead atoms. The van der Waals surface area contributed by atoms with Crippen molar-refractivity contribution in [3.63, 3.8) is 0 Å². The Balaban J connectivity index is 1.82. The third kappa shape index (κ3) is 4.17.